The molecule has 3 aromatic carbocycles. The summed E-state index contributed by atoms with van der Waals surface area (Å²) in [6.45, 7) is 8.02. The number of likely N-dealkylation sites (tertiary alicyclic amines) is 1. The van der Waals surface area contributed by atoms with Crippen LogP contribution >= 0.6 is 0 Å². The second-order valence-corrected chi connectivity index (χ2v) is 11.7. The topological polar surface area (TPSA) is 86.5 Å². The van der Waals surface area contributed by atoms with Crippen molar-refractivity contribution in [2.75, 3.05) is 19.6 Å². The largest absolute Gasteiger partial charge is 0.444 e. The fourth-order valence-electron chi connectivity index (χ4n) is 5.53. The summed E-state index contributed by atoms with van der Waals surface area (Å²) >= 11 is 0. The molecule has 1 aliphatic rings. The lowest BCUT2D eigenvalue weighted by atomic mass is 10.0. The Labute approximate surface area is 240 Å². The van der Waals surface area contributed by atoms with Gasteiger partial charge in [-0.3, -0.25) is 9.69 Å². The molecule has 2 amide bonds. The minimum atomic E-state index is -0.554. The van der Waals surface area contributed by atoms with E-state index in [2.05, 4.69) is 32.7 Å². The zero-order valence-corrected chi connectivity index (χ0v) is 23.7. The number of benzene rings is 3. The third-order valence-corrected chi connectivity index (χ3v) is 7.34. The van der Waals surface area contributed by atoms with Gasteiger partial charge in [-0.1, -0.05) is 60.7 Å². The fourth-order valence-corrected chi connectivity index (χ4v) is 5.53. The minimum absolute atomic E-state index is 0.0863. The molecule has 41 heavy (non-hydrogen) atoms. The van der Waals surface area contributed by atoms with Crippen molar-refractivity contribution in [2.24, 2.45) is 5.92 Å². The first-order chi connectivity index (χ1) is 19.7. The Balaban J connectivity index is 1.31. The second kappa shape index (κ2) is 12.1. The highest BCUT2D eigenvalue weighted by molar-refractivity contribution is 6.09. The number of halogens is 1. The molecule has 1 unspecified atom stereocenters. The number of fused-ring (bicyclic) bond motifs is 1. The summed E-state index contributed by atoms with van der Waals surface area (Å²) in [6.07, 6.45) is 0.399. The molecule has 0 bridgehead atoms. The molecule has 0 aliphatic carbocycles. The highest BCUT2D eigenvalue weighted by Gasteiger charge is 2.33. The smallest absolute Gasteiger partial charge is 0.407 e. The molecule has 7 nitrogen and oxygen atoms in total. The summed E-state index contributed by atoms with van der Waals surface area (Å²) in [7, 11) is 0. The van der Waals surface area contributed by atoms with Crippen LogP contribution in [0.25, 0.3) is 22.0 Å². The van der Waals surface area contributed by atoms with Crippen LogP contribution in [-0.2, 0) is 11.3 Å². The van der Waals surface area contributed by atoms with E-state index >= 15 is 0 Å². The number of carbonyl (C=O) groups excluding carboxylic acids is 2. The lowest BCUT2D eigenvalue weighted by molar-refractivity contribution is 0.0519. The van der Waals surface area contributed by atoms with Gasteiger partial charge in [0.1, 0.15) is 17.1 Å². The van der Waals surface area contributed by atoms with Crippen LogP contribution in [0.5, 0.6) is 0 Å². The zero-order chi connectivity index (χ0) is 29.0. The molecule has 1 aliphatic heterocycles. The average molecular weight is 557 g/mol. The number of rotatable bonds is 8. The Bertz CT molecular complexity index is 1490. The van der Waals surface area contributed by atoms with Gasteiger partial charge in [0.25, 0.3) is 5.91 Å². The Morgan fingerprint density at radius 2 is 1.66 bits per heavy atom. The second-order valence-electron chi connectivity index (χ2n) is 11.7. The first-order valence-corrected chi connectivity index (χ1v) is 14.1. The third-order valence-electron chi connectivity index (χ3n) is 7.34. The van der Waals surface area contributed by atoms with E-state index in [-0.39, 0.29) is 23.7 Å². The van der Waals surface area contributed by atoms with Crippen LogP contribution in [0.4, 0.5) is 9.18 Å². The molecule has 3 N–H and O–H groups in total. The first kappa shape index (κ1) is 28.4. The predicted octanol–water partition coefficient (Wildman–Crippen LogP) is 6.12. The normalized spacial score (nSPS) is 17.5. The molecule has 4 aromatic rings. The van der Waals surface area contributed by atoms with Crippen molar-refractivity contribution in [1.29, 1.82) is 0 Å². The maximum absolute atomic E-state index is 13.7. The Hall–Kier alpha value is -4.17. The number of amides is 2. The predicted molar refractivity (Wildman–Crippen MR) is 159 cm³/mol. The van der Waals surface area contributed by atoms with E-state index in [4.69, 9.17) is 4.74 Å². The maximum atomic E-state index is 13.7. The lowest BCUT2D eigenvalue weighted by Crippen LogP contribution is -2.40. The van der Waals surface area contributed by atoms with Crippen LogP contribution in [0, 0.1) is 11.7 Å². The number of hydrogen-bond donors (Lipinski definition) is 3. The number of hydrogen-bond acceptors (Lipinski definition) is 4. The molecule has 214 valence electrons. The molecule has 8 heteroatoms. The van der Waals surface area contributed by atoms with Crippen molar-refractivity contribution in [3.05, 3.63) is 95.9 Å². The van der Waals surface area contributed by atoms with Gasteiger partial charge in [0.05, 0.1) is 0 Å². The van der Waals surface area contributed by atoms with E-state index in [0.717, 1.165) is 41.5 Å². The third kappa shape index (κ3) is 7.13. The molecular formula is C33H37FN4O3. The molecule has 1 saturated heterocycles. The van der Waals surface area contributed by atoms with Crippen LogP contribution in [0.15, 0.2) is 78.9 Å². The van der Waals surface area contributed by atoms with E-state index in [1.165, 1.54) is 17.7 Å². The van der Waals surface area contributed by atoms with Crippen molar-refractivity contribution in [1.82, 2.24) is 20.5 Å². The van der Waals surface area contributed by atoms with Gasteiger partial charge in [0.15, 0.2) is 0 Å². The monoisotopic (exact) mass is 556 g/mol. The van der Waals surface area contributed by atoms with Gasteiger partial charge in [-0.15, -0.1) is 0 Å². The maximum Gasteiger partial charge on any atom is 0.407 e. The number of nitrogens with zero attached hydrogens (tertiary/aromatic N) is 1. The van der Waals surface area contributed by atoms with Gasteiger partial charge in [-0.05, 0) is 62.4 Å². The summed E-state index contributed by atoms with van der Waals surface area (Å²) in [5, 5.41) is 6.98. The minimum Gasteiger partial charge on any atom is -0.444 e. The van der Waals surface area contributed by atoms with Gasteiger partial charge in [0.2, 0.25) is 0 Å². The number of nitrogens with one attached hydrogen (secondary N) is 3. The van der Waals surface area contributed by atoms with Gasteiger partial charge in [-0.2, -0.15) is 0 Å². The molecule has 5 rings (SSSR count). The number of aromatic amines is 1. The van der Waals surface area contributed by atoms with E-state index in [1.54, 1.807) is 12.1 Å². The highest BCUT2D eigenvalue weighted by Crippen LogP contribution is 2.33. The number of H-pyrrole nitrogens is 1. The number of para-hydroxylation sites is 1. The molecular weight excluding hydrogens is 519 g/mol. The van der Waals surface area contributed by atoms with Crippen molar-refractivity contribution in [3.8, 4) is 11.1 Å². The fraction of sp³-hybridized carbons (Fsp3) is 0.333. The Kier molecular flexibility index (Phi) is 8.40. The van der Waals surface area contributed by atoms with E-state index in [0.29, 0.717) is 18.8 Å². The van der Waals surface area contributed by atoms with Gasteiger partial charge in [-0.25, -0.2) is 9.18 Å². The molecule has 2 atom stereocenters. The molecule has 2 heterocycles. The standard InChI is InChI=1S/C33H37FN4O3/c1-33(2,3)41-32(40)36-18-23-17-26(38(21-23)20-22-9-5-4-6-10-22)19-35-31(39)30-29(24-13-15-25(34)16-14-24)27-11-7-8-12-28(27)37-30/h4-16,23,26,37H,17-21H2,1-3H3,(H,35,39)(H,36,40)/t23-,26?/m0/s1. The molecule has 0 spiro atoms. The summed E-state index contributed by atoms with van der Waals surface area (Å²) in [5.74, 6) is -0.318. The lowest BCUT2D eigenvalue weighted by Gasteiger charge is -2.24. The van der Waals surface area contributed by atoms with Crippen molar-refractivity contribution < 1.29 is 18.7 Å². The van der Waals surface area contributed by atoms with Crippen LogP contribution in [0.2, 0.25) is 0 Å². The Morgan fingerprint density at radius 1 is 0.951 bits per heavy atom. The Morgan fingerprint density at radius 3 is 2.39 bits per heavy atom. The first-order valence-electron chi connectivity index (χ1n) is 14.1. The molecule has 0 saturated carbocycles. The summed E-state index contributed by atoms with van der Waals surface area (Å²) in [4.78, 5) is 31.5. The summed E-state index contributed by atoms with van der Waals surface area (Å²) < 4.78 is 19.1. The van der Waals surface area contributed by atoms with Gasteiger partial charge in [0, 0.05) is 48.7 Å². The molecule has 1 fully saturated rings. The van der Waals surface area contributed by atoms with E-state index in [9.17, 15) is 14.0 Å². The van der Waals surface area contributed by atoms with Crippen LogP contribution in [-0.4, -0.2) is 53.2 Å². The van der Waals surface area contributed by atoms with Crippen molar-refractivity contribution >= 4 is 22.9 Å². The summed E-state index contributed by atoms with van der Waals surface area (Å²) in [6, 6.07) is 24.3. The van der Waals surface area contributed by atoms with Gasteiger partial charge >= 0.3 is 6.09 Å². The van der Waals surface area contributed by atoms with Gasteiger partial charge < -0.3 is 20.4 Å². The highest BCUT2D eigenvalue weighted by atomic mass is 19.1. The molecule has 1 aromatic heterocycles. The van der Waals surface area contributed by atoms with E-state index < -0.39 is 11.7 Å². The average Bonchev–Trinajstić information content (AvgIpc) is 3.52. The number of aromatic nitrogens is 1. The quantitative estimate of drug-likeness (QED) is 0.244. The summed E-state index contributed by atoms with van der Waals surface area (Å²) in [5.41, 5.74) is 3.46. The molecule has 0 radical (unpaired) electrons. The van der Waals surface area contributed by atoms with Crippen LogP contribution in [0.1, 0.15) is 43.2 Å². The number of alkyl carbamates (subject to hydrolysis) is 1. The van der Waals surface area contributed by atoms with Crippen LogP contribution in [0.3, 0.4) is 0 Å². The zero-order valence-electron chi connectivity index (χ0n) is 23.7. The SMILES string of the molecule is CC(C)(C)OC(=O)NC[C@@H]1CC(CNC(=O)c2[nH]c3ccccc3c2-c2ccc(F)cc2)N(Cc2ccccc2)C1. The number of carbonyl (C=O) groups is 2. The van der Waals surface area contributed by atoms with Crippen molar-refractivity contribution in [2.45, 2.75) is 45.4 Å². The van der Waals surface area contributed by atoms with Crippen LogP contribution < -0.4 is 10.6 Å². The number of ether oxygens (including phenoxy) is 1. The van der Waals surface area contributed by atoms with E-state index in [1.807, 2.05) is 63.2 Å². The van der Waals surface area contributed by atoms with Crippen molar-refractivity contribution in [3.63, 3.8) is 0 Å².